The number of hydrogen-bond acceptors (Lipinski definition) is 3. The van der Waals surface area contributed by atoms with E-state index in [2.05, 4.69) is 5.32 Å². The molecule has 102 valence electrons. The number of carbonyl (C=O) groups is 2. The Bertz CT molecular complexity index is 452. The third-order valence-corrected chi connectivity index (χ3v) is 4.20. The lowest BCUT2D eigenvalue weighted by Crippen LogP contribution is -2.38. The zero-order chi connectivity index (χ0) is 13.7. The first-order chi connectivity index (χ1) is 9.15. The van der Waals surface area contributed by atoms with Crippen LogP contribution in [0.4, 0.5) is 0 Å². The molecule has 1 fully saturated rings. The zero-order valence-electron chi connectivity index (χ0n) is 10.6. The number of thioether (sulfide) groups is 1. The summed E-state index contributed by atoms with van der Waals surface area (Å²) in [6.07, 6.45) is 2.38. The molecular weight excluding hydrogens is 262 g/mol. The SMILES string of the molecule is O=C(Cc1ccc(C(=O)O)cc1)NC1CCSCC1. The summed E-state index contributed by atoms with van der Waals surface area (Å²) in [5.74, 6) is 1.28. The van der Waals surface area contributed by atoms with Crippen molar-refractivity contribution in [1.29, 1.82) is 0 Å². The van der Waals surface area contributed by atoms with E-state index in [4.69, 9.17) is 5.11 Å². The first-order valence-corrected chi connectivity index (χ1v) is 7.50. The molecule has 2 rings (SSSR count). The number of carboxylic acid groups (broad SMARTS) is 1. The smallest absolute Gasteiger partial charge is 0.335 e. The summed E-state index contributed by atoms with van der Waals surface area (Å²) in [5.41, 5.74) is 1.08. The van der Waals surface area contributed by atoms with Gasteiger partial charge < -0.3 is 10.4 Å². The molecule has 0 unspecified atom stereocenters. The molecule has 0 saturated carbocycles. The van der Waals surface area contributed by atoms with Crippen LogP contribution in [0.3, 0.4) is 0 Å². The van der Waals surface area contributed by atoms with Crippen LogP contribution >= 0.6 is 11.8 Å². The van der Waals surface area contributed by atoms with Gasteiger partial charge in [-0.15, -0.1) is 0 Å². The number of rotatable bonds is 4. The van der Waals surface area contributed by atoms with E-state index in [1.54, 1.807) is 12.1 Å². The molecule has 1 aromatic carbocycles. The van der Waals surface area contributed by atoms with E-state index in [0.29, 0.717) is 12.5 Å². The zero-order valence-corrected chi connectivity index (χ0v) is 11.4. The normalized spacial score (nSPS) is 16.0. The highest BCUT2D eigenvalue weighted by molar-refractivity contribution is 7.99. The van der Waals surface area contributed by atoms with E-state index in [-0.39, 0.29) is 11.5 Å². The summed E-state index contributed by atoms with van der Waals surface area (Å²) in [5, 5.41) is 11.8. The molecule has 0 bridgehead atoms. The van der Waals surface area contributed by atoms with E-state index in [0.717, 1.165) is 29.9 Å². The third kappa shape index (κ3) is 4.28. The summed E-state index contributed by atoms with van der Waals surface area (Å²) in [6, 6.07) is 6.75. The van der Waals surface area contributed by atoms with Gasteiger partial charge in [0.1, 0.15) is 0 Å². The van der Waals surface area contributed by atoms with Gasteiger partial charge in [0.15, 0.2) is 0 Å². The van der Waals surface area contributed by atoms with Crippen LogP contribution in [0.25, 0.3) is 0 Å². The van der Waals surface area contributed by atoms with Crippen molar-refractivity contribution in [3.05, 3.63) is 35.4 Å². The van der Waals surface area contributed by atoms with Gasteiger partial charge in [0, 0.05) is 6.04 Å². The van der Waals surface area contributed by atoms with Crippen LogP contribution in [-0.2, 0) is 11.2 Å². The summed E-state index contributed by atoms with van der Waals surface area (Å²) < 4.78 is 0. The molecule has 0 radical (unpaired) electrons. The van der Waals surface area contributed by atoms with Crippen molar-refractivity contribution in [2.75, 3.05) is 11.5 Å². The van der Waals surface area contributed by atoms with Gasteiger partial charge in [-0.2, -0.15) is 11.8 Å². The fourth-order valence-electron chi connectivity index (χ4n) is 2.07. The van der Waals surface area contributed by atoms with Gasteiger partial charge in [-0.1, -0.05) is 12.1 Å². The van der Waals surface area contributed by atoms with E-state index < -0.39 is 5.97 Å². The average Bonchev–Trinajstić information content (AvgIpc) is 2.40. The molecule has 1 aromatic rings. The first-order valence-electron chi connectivity index (χ1n) is 6.34. The third-order valence-electron chi connectivity index (χ3n) is 3.15. The van der Waals surface area contributed by atoms with Crippen molar-refractivity contribution in [2.45, 2.75) is 25.3 Å². The van der Waals surface area contributed by atoms with Crippen LogP contribution in [0.2, 0.25) is 0 Å². The van der Waals surface area contributed by atoms with Gasteiger partial charge in [-0.25, -0.2) is 4.79 Å². The lowest BCUT2D eigenvalue weighted by Gasteiger charge is -2.22. The van der Waals surface area contributed by atoms with Gasteiger partial charge in [0.05, 0.1) is 12.0 Å². The van der Waals surface area contributed by atoms with Gasteiger partial charge in [-0.05, 0) is 42.0 Å². The van der Waals surface area contributed by atoms with Gasteiger partial charge in [0.2, 0.25) is 5.91 Å². The molecule has 0 spiro atoms. The number of benzene rings is 1. The molecule has 4 nitrogen and oxygen atoms in total. The highest BCUT2D eigenvalue weighted by atomic mass is 32.2. The van der Waals surface area contributed by atoms with Crippen LogP contribution in [0, 0.1) is 0 Å². The monoisotopic (exact) mass is 279 g/mol. The highest BCUT2D eigenvalue weighted by Crippen LogP contribution is 2.17. The fraction of sp³-hybridized carbons (Fsp3) is 0.429. The molecule has 1 heterocycles. The predicted molar refractivity (Wildman–Crippen MR) is 75.6 cm³/mol. The standard InChI is InChI=1S/C14H17NO3S/c16-13(15-12-5-7-19-8-6-12)9-10-1-3-11(4-2-10)14(17)18/h1-4,12H,5-9H2,(H,15,16)(H,17,18). The molecule has 0 atom stereocenters. The highest BCUT2D eigenvalue weighted by Gasteiger charge is 2.16. The molecule has 0 aromatic heterocycles. The second-order valence-corrected chi connectivity index (χ2v) is 5.86. The van der Waals surface area contributed by atoms with Gasteiger partial charge in [-0.3, -0.25) is 4.79 Å². The molecule has 1 amide bonds. The number of nitrogens with one attached hydrogen (secondary N) is 1. The Balaban J connectivity index is 1.85. The average molecular weight is 279 g/mol. The Morgan fingerprint density at radius 1 is 1.21 bits per heavy atom. The lowest BCUT2D eigenvalue weighted by atomic mass is 10.1. The summed E-state index contributed by atoms with van der Waals surface area (Å²) in [4.78, 5) is 22.6. The molecule has 1 aliphatic rings. The molecule has 1 saturated heterocycles. The van der Waals surface area contributed by atoms with E-state index in [1.807, 2.05) is 11.8 Å². The Hall–Kier alpha value is -1.49. The number of hydrogen-bond donors (Lipinski definition) is 2. The second kappa shape index (κ2) is 6.61. The predicted octanol–water partition coefficient (Wildman–Crippen LogP) is 1.94. The van der Waals surface area contributed by atoms with Crippen molar-refractivity contribution in [3.63, 3.8) is 0 Å². The topological polar surface area (TPSA) is 66.4 Å². The molecule has 5 heteroatoms. The Morgan fingerprint density at radius 3 is 2.42 bits per heavy atom. The fourth-order valence-corrected chi connectivity index (χ4v) is 3.18. The summed E-state index contributed by atoms with van der Waals surface area (Å²) in [7, 11) is 0. The Labute approximate surface area is 116 Å². The Kier molecular flexibility index (Phi) is 4.85. The molecule has 19 heavy (non-hydrogen) atoms. The quantitative estimate of drug-likeness (QED) is 0.884. The van der Waals surface area contributed by atoms with Crippen molar-refractivity contribution in [1.82, 2.24) is 5.32 Å². The number of aromatic carboxylic acids is 1. The Morgan fingerprint density at radius 2 is 1.84 bits per heavy atom. The van der Waals surface area contributed by atoms with Crippen LogP contribution in [-0.4, -0.2) is 34.5 Å². The summed E-state index contributed by atoms with van der Waals surface area (Å²) in [6.45, 7) is 0. The van der Waals surface area contributed by atoms with E-state index in [9.17, 15) is 9.59 Å². The number of carboxylic acids is 1. The van der Waals surface area contributed by atoms with Crippen molar-refractivity contribution < 1.29 is 14.7 Å². The molecule has 0 aliphatic carbocycles. The van der Waals surface area contributed by atoms with Gasteiger partial charge in [0.25, 0.3) is 0 Å². The minimum Gasteiger partial charge on any atom is -0.478 e. The molecule has 2 N–H and O–H groups in total. The summed E-state index contributed by atoms with van der Waals surface area (Å²) >= 11 is 1.93. The van der Waals surface area contributed by atoms with Crippen molar-refractivity contribution in [3.8, 4) is 0 Å². The maximum absolute atomic E-state index is 11.9. The second-order valence-electron chi connectivity index (χ2n) is 4.63. The van der Waals surface area contributed by atoms with Crippen LogP contribution in [0.1, 0.15) is 28.8 Å². The van der Waals surface area contributed by atoms with Crippen LogP contribution in [0.5, 0.6) is 0 Å². The molecule has 1 aliphatic heterocycles. The number of carbonyl (C=O) groups excluding carboxylic acids is 1. The van der Waals surface area contributed by atoms with Crippen LogP contribution in [0.15, 0.2) is 24.3 Å². The maximum Gasteiger partial charge on any atom is 0.335 e. The minimum atomic E-state index is -0.948. The lowest BCUT2D eigenvalue weighted by molar-refractivity contribution is -0.121. The van der Waals surface area contributed by atoms with E-state index in [1.165, 1.54) is 12.1 Å². The first kappa shape index (κ1) is 13.9. The largest absolute Gasteiger partial charge is 0.478 e. The van der Waals surface area contributed by atoms with Gasteiger partial charge >= 0.3 is 5.97 Å². The number of amides is 1. The van der Waals surface area contributed by atoms with Crippen LogP contribution < -0.4 is 5.32 Å². The maximum atomic E-state index is 11.9. The molecular formula is C14H17NO3S. The van der Waals surface area contributed by atoms with Crippen molar-refractivity contribution >= 4 is 23.6 Å². The van der Waals surface area contributed by atoms with E-state index >= 15 is 0 Å². The van der Waals surface area contributed by atoms with Crippen molar-refractivity contribution in [2.24, 2.45) is 0 Å². The minimum absolute atomic E-state index is 0.0139.